The third-order valence-electron chi connectivity index (χ3n) is 10.6. The molecule has 1 saturated carbocycles. The summed E-state index contributed by atoms with van der Waals surface area (Å²) in [6, 6.07) is 0.156. The Morgan fingerprint density at radius 2 is 1.76 bits per heavy atom. The molecule has 8 heteroatoms. The average molecular weight is 467 g/mol. The number of ether oxygens (including phenoxy) is 3. The molecule has 33 heavy (non-hydrogen) atoms. The van der Waals surface area contributed by atoms with Crippen LogP contribution in [0, 0.1) is 35.0 Å². The van der Waals surface area contributed by atoms with E-state index in [1.807, 2.05) is 0 Å². The molecule has 6 aliphatic rings. The highest BCUT2D eigenvalue weighted by molar-refractivity contribution is 5.06. The molecule has 0 aromatic rings. The Morgan fingerprint density at radius 3 is 2.58 bits per heavy atom. The molecule has 1 aliphatic carbocycles. The molecule has 5 saturated heterocycles. The number of rotatable bonds is 4. The van der Waals surface area contributed by atoms with Crippen LogP contribution >= 0.6 is 0 Å². The lowest BCUT2D eigenvalue weighted by Gasteiger charge is -2.47. The smallest absolute Gasteiger partial charge is 0.184 e. The second-order valence-electron chi connectivity index (χ2n) is 11.9. The van der Waals surface area contributed by atoms with Crippen LogP contribution in [0.1, 0.15) is 46.0 Å². The van der Waals surface area contributed by atoms with Crippen molar-refractivity contribution in [2.24, 2.45) is 35.0 Å². The molecule has 5 aliphatic heterocycles. The van der Waals surface area contributed by atoms with Crippen molar-refractivity contribution < 1.29 is 29.5 Å². The zero-order valence-corrected chi connectivity index (χ0v) is 20.1. The van der Waals surface area contributed by atoms with Gasteiger partial charge in [0.05, 0.1) is 19.3 Å². The van der Waals surface area contributed by atoms with Crippen molar-refractivity contribution in [2.75, 3.05) is 39.4 Å². The van der Waals surface area contributed by atoms with Gasteiger partial charge in [-0.1, -0.05) is 13.8 Å². The van der Waals surface area contributed by atoms with Crippen LogP contribution in [-0.4, -0.2) is 102 Å². The standard InChI is InChI=1S/C25H42N2O6/c1-14-16(3-4-17-18(14)12-31-22(17)29)5-8-26-9-6-25(20(28)11-26)7-10-27(24(25)30)19-13-32-23-21(33-23)15(19)2/h14-24,28-30H,3-13H2,1-2H3. The molecule has 12 unspecified atom stereocenters. The van der Waals surface area contributed by atoms with Crippen molar-refractivity contribution in [3.05, 3.63) is 0 Å². The molecular weight excluding hydrogens is 424 g/mol. The SMILES string of the molecule is CC1C(CCN2CCC3(CCN(C4COC5OC5C4C)C3O)C(O)C2)CCC2C(O)OCC12. The summed E-state index contributed by atoms with van der Waals surface area (Å²) in [5.74, 6) is 2.36. The highest BCUT2D eigenvalue weighted by Crippen LogP contribution is 2.49. The van der Waals surface area contributed by atoms with E-state index >= 15 is 0 Å². The summed E-state index contributed by atoms with van der Waals surface area (Å²) >= 11 is 0. The molecule has 3 N–H and O–H groups in total. The highest BCUT2D eigenvalue weighted by atomic mass is 16.8. The maximum Gasteiger partial charge on any atom is 0.184 e. The molecule has 0 amide bonds. The van der Waals surface area contributed by atoms with Gasteiger partial charge in [0.15, 0.2) is 12.6 Å². The Morgan fingerprint density at radius 1 is 0.939 bits per heavy atom. The third-order valence-corrected chi connectivity index (χ3v) is 10.6. The first-order valence-electron chi connectivity index (χ1n) is 13.3. The molecule has 0 aromatic heterocycles. The van der Waals surface area contributed by atoms with Gasteiger partial charge in [0.1, 0.15) is 12.3 Å². The van der Waals surface area contributed by atoms with Crippen molar-refractivity contribution in [3.63, 3.8) is 0 Å². The predicted molar refractivity (Wildman–Crippen MR) is 120 cm³/mol. The molecule has 0 aromatic carbocycles. The number of β-amino-alcohol motifs (C(OH)–C–C–N with tert-alkyl or cyclic N) is 1. The molecular formula is C25H42N2O6. The summed E-state index contributed by atoms with van der Waals surface area (Å²) in [4.78, 5) is 4.58. The molecule has 5 heterocycles. The van der Waals surface area contributed by atoms with Crippen molar-refractivity contribution in [1.29, 1.82) is 0 Å². The fraction of sp³-hybridized carbons (Fsp3) is 1.00. The molecule has 12 atom stereocenters. The van der Waals surface area contributed by atoms with E-state index in [2.05, 4.69) is 23.6 Å². The van der Waals surface area contributed by atoms with Crippen LogP contribution in [0.3, 0.4) is 0 Å². The lowest BCUT2D eigenvalue weighted by atomic mass is 9.67. The van der Waals surface area contributed by atoms with Gasteiger partial charge in [-0.15, -0.1) is 0 Å². The minimum Gasteiger partial charge on any atom is -0.391 e. The van der Waals surface area contributed by atoms with E-state index in [0.717, 1.165) is 51.7 Å². The van der Waals surface area contributed by atoms with Crippen molar-refractivity contribution in [1.82, 2.24) is 9.80 Å². The van der Waals surface area contributed by atoms with Crippen LogP contribution in [0.15, 0.2) is 0 Å². The first kappa shape index (κ1) is 23.1. The first-order chi connectivity index (χ1) is 15.9. The normalized spacial score (nSPS) is 55.0. The summed E-state index contributed by atoms with van der Waals surface area (Å²) in [5, 5.41) is 32.7. The minimum absolute atomic E-state index is 0.0391. The summed E-state index contributed by atoms with van der Waals surface area (Å²) < 4.78 is 16.9. The Labute approximate surface area is 197 Å². The molecule has 6 rings (SSSR count). The van der Waals surface area contributed by atoms with Gasteiger partial charge in [-0.25, -0.2) is 0 Å². The lowest BCUT2D eigenvalue weighted by Crippen LogP contribution is -2.59. The van der Waals surface area contributed by atoms with Gasteiger partial charge >= 0.3 is 0 Å². The Bertz CT molecular complexity index is 727. The van der Waals surface area contributed by atoms with E-state index in [-0.39, 0.29) is 18.4 Å². The Kier molecular flexibility index (Phi) is 6.06. The van der Waals surface area contributed by atoms with E-state index in [1.165, 1.54) is 0 Å². The van der Waals surface area contributed by atoms with Crippen LogP contribution in [-0.2, 0) is 14.2 Å². The zero-order chi connectivity index (χ0) is 22.9. The maximum absolute atomic E-state index is 11.4. The van der Waals surface area contributed by atoms with Crippen LogP contribution in [0.2, 0.25) is 0 Å². The van der Waals surface area contributed by atoms with Gasteiger partial charge in [0.25, 0.3) is 0 Å². The maximum atomic E-state index is 11.4. The number of aliphatic hydroxyl groups is 3. The zero-order valence-electron chi connectivity index (χ0n) is 20.1. The summed E-state index contributed by atoms with van der Waals surface area (Å²) in [7, 11) is 0. The van der Waals surface area contributed by atoms with Crippen LogP contribution in [0.25, 0.3) is 0 Å². The quantitative estimate of drug-likeness (QED) is 0.525. The fourth-order valence-electron chi connectivity index (χ4n) is 8.03. The fourth-order valence-corrected chi connectivity index (χ4v) is 8.03. The van der Waals surface area contributed by atoms with E-state index in [1.54, 1.807) is 0 Å². The predicted octanol–water partition coefficient (Wildman–Crippen LogP) is 0.841. The van der Waals surface area contributed by atoms with Crippen molar-refractivity contribution in [3.8, 4) is 0 Å². The molecule has 6 fully saturated rings. The number of piperidine rings is 1. The van der Waals surface area contributed by atoms with Gasteiger partial charge in [0.2, 0.25) is 0 Å². The van der Waals surface area contributed by atoms with E-state index in [0.29, 0.717) is 49.3 Å². The molecule has 0 bridgehead atoms. The second-order valence-corrected chi connectivity index (χ2v) is 11.9. The minimum atomic E-state index is -0.620. The van der Waals surface area contributed by atoms with Crippen molar-refractivity contribution in [2.45, 2.75) is 83.0 Å². The number of nitrogens with zero attached hydrogens (tertiary/aromatic N) is 2. The Hall–Kier alpha value is -0.320. The number of likely N-dealkylation sites (tertiary alicyclic amines) is 2. The Balaban J connectivity index is 1.03. The third kappa shape index (κ3) is 3.80. The monoisotopic (exact) mass is 466 g/mol. The second kappa shape index (κ2) is 8.66. The van der Waals surface area contributed by atoms with Crippen LogP contribution in [0.5, 0.6) is 0 Å². The average Bonchev–Trinajstić information content (AvgIpc) is 3.41. The van der Waals surface area contributed by atoms with E-state index < -0.39 is 24.0 Å². The summed E-state index contributed by atoms with van der Waals surface area (Å²) in [6.07, 6.45) is 3.45. The summed E-state index contributed by atoms with van der Waals surface area (Å²) in [5.41, 5.74) is -0.430. The largest absolute Gasteiger partial charge is 0.391 e. The van der Waals surface area contributed by atoms with E-state index in [9.17, 15) is 15.3 Å². The van der Waals surface area contributed by atoms with Gasteiger partial charge < -0.3 is 34.4 Å². The molecule has 1 spiro atoms. The van der Waals surface area contributed by atoms with Crippen LogP contribution in [0.4, 0.5) is 0 Å². The summed E-state index contributed by atoms with van der Waals surface area (Å²) in [6.45, 7) is 9.20. The number of hydrogen-bond acceptors (Lipinski definition) is 8. The first-order valence-corrected chi connectivity index (χ1v) is 13.3. The lowest BCUT2D eigenvalue weighted by molar-refractivity contribution is -0.152. The number of fused-ring (bicyclic) bond motifs is 2. The topological polar surface area (TPSA) is 98.2 Å². The number of aliphatic hydroxyl groups excluding tert-OH is 3. The number of hydrogen-bond donors (Lipinski definition) is 3. The van der Waals surface area contributed by atoms with Gasteiger partial charge in [0, 0.05) is 36.4 Å². The van der Waals surface area contributed by atoms with Crippen molar-refractivity contribution >= 4 is 0 Å². The van der Waals surface area contributed by atoms with Gasteiger partial charge in [-0.05, 0) is 62.9 Å². The molecule has 188 valence electrons. The number of epoxide rings is 1. The van der Waals surface area contributed by atoms with Gasteiger partial charge in [-0.3, -0.25) is 4.90 Å². The van der Waals surface area contributed by atoms with Crippen LogP contribution < -0.4 is 0 Å². The molecule has 8 nitrogen and oxygen atoms in total. The van der Waals surface area contributed by atoms with E-state index in [4.69, 9.17) is 14.2 Å². The molecule has 0 radical (unpaired) electrons. The van der Waals surface area contributed by atoms with Gasteiger partial charge in [-0.2, -0.15) is 0 Å². The highest BCUT2D eigenvalue weighted by Gasteiger charge is 2.59.